The van der Waals surface area contributed by atoms with Crippen molar-refractivity contribution in [3.05, 3.63) is 0 Å². The van der Waals surface area contributed by atoms with Crippen LogP contribution >= 0.6 is 11.8 Å². The van der Waals surface area contributed by atoms with Crippen molar-refractivity contribution in [2.24, 2.45) is 5.92 Å². The highest BCUT2D eigenvalue weighted by Gasteiger charge is 2.32. The van der Waals surface area contributed by atoms with E-state index < -0.39 is 5.54 Å². The highest BCUT2D eigenvalue weighted by atomic mass is 32.2. The topological polar surface area (TPSA) is 38.3 Å². The molecule has 0 heterocycles. The Kier molecular flexibility index (Phi) is 10.4. The van der Waals surface area contributed by atoms with Gasteiger partial charge in [0.25, 0.3) is 0 Å². The van der Waals surface area contributed by atoms with Gasteiger partial charge in [-0.05, 0) is 56.6 Å². The van der Waals surface area contributed by atoms with Crippen LogP contribution in [0.3, 0.4) is 0 Å². The summed E-state index contributed by atoms with van der Waals surface area (Å²) in [6, 6.07) is 0. The van der Waals surface area contributed by atoms with Crippen LogP contribution in [0.15, 0.2) is 0 Å². The lowest BCUT2D eigenvalue weighted by Gasteiger charge is -2.28. The van der Waals surface area contributed by atoms with Crippen LogP contribution in [0.1, 0.15) is 53.4 Å². The Hall–Kier alpha value is -0.220. The molecule has 0 aliphatic heterocycles. The van der Waals surface area contributed by atoms with Crippen LogP contribution in [-0.2, 0) is 9.53 Å². The van der Waals surface area contributed by atoms with Gasteiger partial charge in [0, 0.05) is 0 Å². The molecule has 114 valence electrons. The molecule has 3 nitrogen and oxygen atoms in total. The molecule has 0 amide bonds. The molecule has 0 rings (SSSR count). The molecule has 4 heteroatoms. The standard InChI is InChI=1S/C15H31NO2S/c1-6-10-16-15(4,14(17)18-5)9-7-11-19-12-8-13(2)3/h13,16H,6-12H2,1-5H3. The van der Waals surface area contributed by atoms with Gasteiger partial charge in [-0.1, -0.05) is 20.8 Å². The van der Waals surface area contributed by atoms with Gasteiger partial charge in [-0.25, -0.2) is 0 Å². The molecule has 0 fully saturated rings. The zero-order chi connectivity index (χ0) is 14.7. The summed E-state index contributed by atoms with van der Waals surface area (Å²) in [4.78, 5) is 11.9. The Morgan fingerprint density at radius 2 is 2.05 bits per heavy atom. The minimum Gasteiger partial charge on any atom is -0.468 e. The summed E-state index contributed by atoms with van der Waals surface area (Å²) in [7, 11) is 1.46. The first kappa shape index (κ1) is 18.8. The van der Waals surface area contributed by atoms with Crippen LogP contribution in [0.5, 0.6) is 0 Å². The molecule has 0 saturated carbocycles. The van der Waals surface area contributed by atoms with E-state index in [4.69, 9.17) is 4.74 Å². The number of methoxy groups -OCH3 is 1. The third-order valence-corrected chi connectivity index (χ3v) is 4.31. The fourth-order valence-corrected chi connectivity index (χ4v) is 3.03. The highest BCUT2D eigenvalue weighted by molar-refractivity contribution is 7.99. The SMILES string of the molecule is CCCNC(C)(CCCSCCC(C)C)C(=O)OC. The average Bonchev–Trinajstić information content (AvgIpc) is 2.39. The largest absolute Gasteiger partial charge is 0.468 e. The van der Waals surface area contributed by atoms with Crippen LogP contribution in [0.2, 0.25) is 0 Å². The normalized spacial score (nSPS) is 14.4. The van der Waals surface area contributed by atoms with E-state index in [1.807, 2.05) is 18.7 Å². The van der Waals surface area contributed by atoms with Gasteiger partial charge in [0.2, 0.25) is 0 Å². The van der Waals surface area contributed by atoms with E-state index in [-0.39, 0.29) is 5.97 Å². The smallest absolute Gasteiger partial charge is 0.325 e. The fraction of sp³-hybridized carbons (Fsp3) is 0.933. The van der Waals surface area contributed by atoms with Crippen molar-refractivity contribution in [3.63, 3.8) is 0 Å². The second kappa shape index (κ2) is 10.6. The first-order valence-corrected chi connectivity index (χ1v) is 8.53. The van der Waals surface area contributed by atoms with Crippen molar-refractivity contribution in [1.82, 2.24) is 5.32 Å². The third kappa shape index (κ3) is 8.53. The number of nitrogens with one attached hydrogen (secondary N) is 1. The van der Waals surface area contributed by atoms with E-state index in [0.29, 0.717) is 0 Å². The molecule has 1 unspecified atom stereocenters. The Labute approximate surface area is 123 Å². The second-order valence-electron chi connectivity index (χ2n) is 5.65. The van der Waals surface area contributed by atoms with Crippen molar-refractivity contribution in [1.29, 1.82) is 0 Å². The summed E-state index contributed by atoms with van der Waals surface area (Å²) >= 11 is 1.99. The van der Waals surface area contributed by atoms with Gasteiger partial charge in [-0.3, -0.25) is 4.79 Å². The molecule has 0 radical (unpaired) electrons. The third-order valence-electron chi connectivity index (χ3n) is 3.21. The predicted octanol–water partition coefficient (Wildman–Crippen LogP) is 3.48. The van der Waals surface area contributed by atoms with Gasteiger partial charge in [-0.15, -0.1) is 0 Å². The van der Waals surface area contributed by atoms with Crippen molar-refractivity contribution >= 4 is 17.7 Å². The molecule has 0 aromatic heterocycles. The summed E-state index contributed by atoms with van der Waals surface area (Å²) in [6.07, 6.45) is 4.18. The molecule has 19 heavy (non-hydrogen) atoms. The van der Waals surface area contributed by atoms with Crippen molar-refractivity contribution in [2.75, 3.05) is 25.2 Å². The number of ether oxygens (including phenoxy) is 1. The number of hydrogen-bond acceptors (Lipinski definition) is 4. The molecule has 1 N–H and O–H groups in total. The Morgan fingerprint density at radius 3 is 2.58 bits per heavy atom. The predicted molar refractivity (Wildman–Crippen MR) is 84.7 cm³/mol. The summed E-state index contributed by atoms with van der Waals surface area (Å²) in [5.74, 6) is 2.97. The maximum Gasteiger partial charge on any atom is 0.325 e. The second-order valence-corrected chi connectivity index (χ2v) is 6.87. The molecule has 0 aliphatic carbocycles. The quantitative estimate of drug-likeness (QED) is 0.467. The van der Waals surface area contributed by atoms with Gasteiger partial charge < -0.3 is 10.1 Å². The maximum atomic E-state index is 11.9. The number of rotatable bonds is 11. The van der Waals surface area contributed by atoms with Gasteiger partial charge in [-0.2, -0.15) is 11.8 Å². The monoisotopic (exact) mass is 289 g/mol. The molecule has 1 atom stereocenters. The zero-order valence-electron chi connectivity index (χ0n) is 13.3. The summed E-state index contributed by atoms with van der Waals surface area (Å²) in [5, 5.41) is 3.32. The molecule has 0 aromatic rings. The van der Waals surface area contributed by atoms with E-state index in [9.17, 15) is 4.79 Å². The fourth-order valence-electron chi connectivity index (χ4n) is 1.84. The van der Waals surface area contributed by atoms with E-state index in [1.165, 1.54) is 19.3 Å². The molecular weight excluding hydrogens is 258 g/mol. The Bertz CT molecular complexity index is 246. The summed E-state index contributed by atoms with van der Waals surface area (Å²) in [5.41, 5.74) is -0.524. The number of esters is 1. The van der Waals surface area contributed by atoms with Crippen LogP contribution in [0, 0.1) is 5.92 Å². The molecule has 0 spiro atoms. The Balaban J connectivity index is 3.96. The van der Waals surface area contributed by atoms with Gasteiger partial charge in [0.15, 0.2) is 0 Å². The number of carbonyl (C=O) groups excluding carboxylic acids is 1. The minimum atomic E-state index is -0.524. The zero-order valence-corrected chi connectivity index (χ0v) is 14.1. The first-order chi connectivity index (χ1) is 8.96. The van der Waals surface area contributed by atoms with Gasteiger partial charge >= 0.3 is 5.97 Å². The number of carbonyl (C=O) groups is 1. The lowest BCUT2D eigenvalue weighted by Crippen LogP contribution is -2.50. The molecular formula is C15H31NO2S. The molecule has 0 bridgehead atoms. The lowest BCUT2D eigenvalue weighted by atomic mass is 9.96. The van der Waals surface area contributed by atoms with Crippen LogP contribution in [0.4, 0.5) is 0 Å². The van der Waals surface area contributed by atoms with Crippen molar-refractivity contribution in [2.45, 2.75) is 58.9 Å². The van der Waals surface area contributed by atoms with Gasteiger partial charge in [0.05, 0.1) is 7.11 Å². The molecule has 0 aliphatic rings. The van der Waals surface area contributed by atoms with E-state index in [2.05, 4.69) is 26.1 Å². The average molecular weight is 289 g/mol. The number of thioether (sulfide) groups is 1. The maximum absolute atomic E-state index is 11.9. The molecule has 0 aromatic carbocycles. The van der Waals surface area contributed by atoms with Crippen molar-refractivity contribution in [3.8, 4) is 0 Å². The van der Waals surface area contributed by atoms with Crippen LogP contribution < -0.4 is 5.32 Å². The van der Waals surface area contributed by atoms with Gasteiger partial charge in [0.1, 0.15) is 5.54 Å². The minimum absolute atomic E-state index is 0.145. The lowest BCUT2D eigenvalue weighted by molar-refractivity contribution is -0.148. The Morgan fingerprint density at radius 1 is 1.37 bits per heavy atom. The molecule has 0 saturated heterocycles. The van der Waals surface area contributed by atoms with E-state index in [1.54, 1.807) is 0 Å². The highest BCUT2D eigenvalue weighted by Crippen LogP contribution is 2.18. The van der Waals surface area contributed by atoms with E-state index in [0.717, 1.165) is 37.5 Å². The summed E-state index contributed by atoms with van der Waals surface area (Å²) in [6.45, 7) is 9.42. The van der Waals surface area contributed by atoms with E-state index >= 15 is 0 Å². The first-order valence-electron chi connectivity index (χ1n) is 7.37. The number of hydrogen-bond donors (Lipinski definition) is 1. The summed E-state index contributed by atoms with van der Waals surface area (Å²) < 4.78 is 4.91. The van der Waals surface area contributed by atoms with Crippen LogP contribution in [0.25, 0.3) is 0 Å². The van der Waals surface area contributed by atoms with Crippen LogP contribution in [-0.4, -0.2) is 36.7 Å². The van der Waals surface area contributed by atoms with Crippen molar-refractivity contribution < 1.29 is 9.53 Å².